The summed E-state index contributed by atoms with van der Waals surface area (Å²) in [5.74, 6) is -0.299. The van der Waals surface area contributed by atoms with Crippen molar-refractivity contribution >= 4 is 23.1 Å². The van der Waals surface area contributed by atoms with Crippen molar-refractivity contribution in [1.29, 1.82) is 0 Å². The molecule has 0 aromatic carbocycles. The van der Waals surface area contributed by atoms with E-state index in [4.69, 9.17) is 0 Å². The monoisotopic (exact) mass is 207 g/mol. The lowest BCUT2D eigenvalue weighted by Crippen LogP contribution is -2.12. The Morgan fingerprint density at radius 3 is 3.00 bits per heavy atom. The van der Waals surface area contributed by atoms with Crippen LogP contribution in [-0.2, 0) is 0 Å². The molecular weight excluding hydrogens is 202 g/mol. The van der Waals surface area contributed by atoms with E-state index in [1.165, 1.54) is 12.4 Å². The molecule has 7 heteroatoms. The first-order valence-electron chi connectivity index (χ1n) is 3.71. The number of hydrogen-bond donors (Lipinski definition) is 1. The largest absolute Gasteiger partial charge is 0.319 e. The quantitative estimate of drug-likeness (QED) is 0.779. The van der Waals surface area contributed by atoms with Crippen molar-refractivity contribution in [3.8, 4) is 0 Å². The molecule has 0 fully saturated rings. The van der Waals surface area contributed by atoms with Crippen molar-refractivity contribution < 1.29 is 4.79 Å². The Balaban J connectivity index is 2.10. The van der Waals surface area contributed by atoms with Gasteiger partial charge in [0, 0.05) is 5.38 Å². The smallest absolute Gasteiger partial charge is 0.277 e. The molecule has 0 aliphatic heterocycles. The van der Waals surface area contributed by atoms with Gasteiger partial charge in [-0.15, -0.1) is 5.10 Å². The molecule has 2 aromatic rings. The van der Waals surface area contributed by atoms with E-state index in [2.05, 4.69) is 25.1 Å². The number of hydrogen-bond acceptors (Lipinski definition) is 6. The van der Waals surface area contributed by atoms with Crippen molar-refractivity contribution in [2.75, 3.05) is 5.32 Å². The van der Waals surface area contributed by atoms with Crippen LogP contribution in [0.2, 0.25) is 0 Å². The van der Waals surface area contributed by atoms with Crippen LogP contribution in [-0.4, -0.2) is 25.7 Å². The van der Waals surface area contributed by atoms with Crippen LogP contribution in [0.5, 0.6) is 0 Å². The zero-order valence-electron chi connectivity index (χ0n) is 6.91. The van der Waals surface area contributed by atoms with Gasteiger partial charge in [0.2, 0.25) is 0 Å². The summed E-state index contributed by atoms with van der Waals surface area (Å²) in [5.41, 5.74) is 0.879. The van der Waals surface area contributed by atoms with Crippen molar-refractivity contribution in [2.45, 2.75) is 0 Å². The molecule has 0 atom stereocenters. The predicted octanol–water partition coefficient (Wildman–Crippen LogP) is 0.580. The van der Waals surface area contributed by atoms with E-state index < -0.39 is 0 Å². The molecule has 2 aromatic heterocycles. The highest BCUT2D eigenvalue weighted by molar-refractivity contribution is 7.03. The second-order valence-corrected chi connectivity index (χ2v) is 2.99. The predicted molar refractivity (Wildman–Crippen MR) is 49.9 cm³/mol. The number of carbonyl (C=O) groups is 1. The Morgan fingerprint density at radius 1 is 1.43 bits per heavy atom. The van der Waals surface area contributed by atoms with Crippen molar-refractivity contribution in [3.05, 3.63) is 29.5 Å². The molecule has 2 heterocycles. The number of nitrogens with zero attached hydrogens (tertiary/aromatic N) is 4. The Labute approximate surface area is 83.2 Å². The molecule has 0 aliphatic rings. The molecule has 0 aliphatic carbocycles. The van der Waals surface area contributed by atoms with Crippen LogP contribution in [0.25, 0.3) is 0 Å². The fourth-order valence-corrected chi connectivity index (χ4v) is 1.26. The van der Waals surface area contributed by atoms with Gasteiger partial charge < -0.3 is 5.32 Å². The minimum Gasteiger partial charge on any atom is -0.319 e. The van der Waals surface area contributed by atoms with Gasteiger partial charge in [-0.3, -0.25) is 4.79 Å². The maximum Gasteiger partial charge on any atom is 0.277 e. The summed E-state index contributed by atoms with van der Waals surface area (Å²) in [7, 11) is 0. The zero-order chi connectivity index (χ0) is 9.80. The highest BCUT2D eigenvalue weighted by Gasteiger charge is 2.08. The Kier molecular flexibility index (Phi) is 2.41. The van der Waals surface area contributed by atoms with E-state index >= 15 is 0 Å². The maximum atomic E-state index is 11.4. The fourth-order valence-electron chi connectivity index (χ4n) is 0.823. The van der Waals surface area contributed by atoms with Gasteiger partial charge in [0.15, 0.2) is 5.69 Å². The van der Waals surface area contributed by atoms with Gasteiger partial charge in [-0.25, -0.2) is 0 Å². The van der Waals surface area contributed by atoms with Crippen LogP contribution in [0.15, 0.2) is 23.8 Å². The lowest BCUT2D eigenvalue weighted by atomic mass is 10.4. The van der Waals surface area contributed by atoms with E-state index in [9.17, 15) is 4.79 Å². The van der Waals surface area contributed by atoms with E-state index in [1.54, 1.807) is 11.4 Å². The zero-order valence-corrected chi connectivity index (χ0v) is 7.73. The van der Waals surface area contributed by atoms with E-state index in [-0.39, 0.29) is 5.91 Å². The second-order valence-electron chi connectivity index (χ2n) is 2.38. The third kappa shape index (κ3) is 1.88. The van der Waals surface area contributed by atoms with Crippen molar-refractivity contribution in [2.24, 2.45) is 0 Å². The van der Waals surface area contributed by atoms with Crippen LogP contribution in [0.1, 0.15) is 10.5 Å². The Morgan fingerprint density at radius 2 is 2.36 bits per heavy atom. The summed E-state index contributed by atoms with van der Waals surface area (Å²) in [5, 5.41) is 15.0. The summed E-state index contributed by atoms with van der Waals surface area (Å²) < 4.78 is 3.59. The lowest BCUT2D eigenvalue weighted by Gasteiger charge is -1.99. The Hall–Kier alpha value is -1.89. The maximum absolute atomic E-state index is 11.4. The normalized spacial score (nSPS) is 9.71. The molecule has 2 rings (SSSR count). The SMILES string of the molecule is O=C(Nc1ccnnc1)c1csnn1. The molecule has 0 spiro atoms. The number of aromatic nitrogens is 4. The van der Waals surface area contributed by atoms with Crippen molar-refractivity contribution in [3.63, 3.8) is 0 Å². The van der Waals surface area contributed by atoms with Gasteiger partial charge in [-0.1, -0.05) is 4.49 Å². The van der Waals surface area contributed by atoms with Gasteiger partial charge >= 0.3 is 0 Å². The molecule has 6 nitrogen and oxygen atoms in total. The first-order valence-corrected chi connectivity index (χ1v) is 4.55. The van der Waals surface area contributed by atoms with Gasteiger partial charge in [0.25, 0.3) is 5.91 Å². The Bertz CT molecular complexity index is 415. The summed E-state index contributed by atoms with van der Waals surface area (Å²) in [6, 6.07) is 1.64. The third-order valence-electron chi connectivity index (χ3n) is 1.43. The first-order chi connectivity index (χ1) is 6.86. The average Bonchev–Trinajstić information content (AvgIpc) is 2.72. The molecule has 0 unspecified atom stereocenters. The van der Waals surface area contributed by atoms with Gasteiger partial charge in [-0.05, 0) is 17.6 Å². The molecule has 70 valence electrons. The number of anilines is 1. The molecular formula is C7H5N5OS. The molecule has 0 saturated carbocycles. The van der Waals surface area contributed by atoms with Crippen LogP contribution >= 0.6 is 11.5 Å². The van der Waals surface area contributed by atoms with Crippen LogP contribution in [0.4, 0.5) is 5.69 Å². The van der Waals surface area contributed by atoms with Crippen molar-refractivity contribution in [1.82, 2.24) is 19.8 Å². The summed E-state index contributed by atoms with van der Waals surface area (Å²) >= 11 is 1.13. The van der Waals surface area contributed by atoms with Gasteiger partial charge in [0.1, 0.15) is 0 Å². The number of amides is 1. The molecule has 14 heavy (non-hydrogen) atoms. The molecule has 0 radical (unpaired) electrons. The van der Waals surface area contributed by atoms with Crippen LogP contribution in [0.3, 0.4) is 0 Å². The fraction of sp³-hybridized carbons (Fsp3) is 0. The minimum atomic E-state index is -0.299. The summed E-state index contributed by atoms with van der Waals surface area (Å²) in [6.07, 6.45) is 2.95. The number of carbonyl (C=O) groups excluding carboxylic acids is 1. The highest BCUT2D eigenvalue weighted by atomic mass is 32.1. The molecule has 1 N–H and O–H groups in total. The summed E-state index contributed by atoms with van der Waals surface area (Å²) in [6.45, 7) is 0. The average molecular weight is 207 g/mol. The van der Waals surface area contributed by atoms with E-state index in [0.717, 1.165) is 11.5 Å². The number of nitrogens with one attached hydrogen (secondary N) is 1. The van der Waals surface area contributed by atoms with E-state index in [1.807, 2.05) is 0 Å². The topological polar surface area (TPSA) is 80.7 Å². The van der Waals surface area contributed by atoms with Gasteiger partial charge in [-0.2, -0.15) is 10.2 Å². The van der Waals surface area contributed by atoms with Crippen LogP contribution in [0, 0.1) is 0 Å². The molecule has 1 amide bonds. The first kappa shape index (κ1) is 8.70. The van der Waals surface area contributed by atoms with Gasteiger partial charge in [0.05, 0.1) is 18.1 Å². The van der Waals surface area contributed by atoms with Crippen LogP contribution < -0.4 is 5.32 Å². The third-order valence-corrected chi connectivity index (χ3v) is 1.94. The van der Waals surface area contributed by atoms with E-state index in [0.29, 0.717) is 11.4 Å². The molecule has 0 saturated heterocycles. The molecule has 0 bridgehead atoms. The minimum absolute atomic E-state index is 0.298. The lowest BCUT2D eigenvalue weighted by molar-refractivity contribution is 0.102. The second kappa shape index (κ2) is 3.88. The highest BCUT2D eigenvalue weighted by Crippen LogP contribution is 2.05. The number of rotatable bonds is 2. The summed E-state index contributed by atoms with van der Waals surface area (Å²) in [4.78, 5) is 11.4. The standard InChI is InChI=1S/C7H5N5OS/c13-7(6-4-14-12-11-6)10-5-1-2-8-9-3-5/h1-4H,(H,8,10,13).